The van der Waals surface area contributed by atoms with Crippen LogP contribution in [0.3, 0.4) is 0 Å². The van der Waals surface area contributed by atoms with E-state index in [0.29, 0.717) is 30.2 Å². The molecule has 8 heteroatoms. The fourth-order valence-electron chi connectivity index (χ4n) is 3.17. The van der Waals surface area contributed by atoms with Gasteiger partial charge < -0.3 is 9.80 Å². The first kappa shape index (κ1) is 18.8. The average Bonchev–Trinajstić information content (AvgIpc) is 3.06. The number of carbonyl (C=O) groups excluding carboxylic acids is 1. The Morgan fingerprint density at radius 2 is 1.79 bits per heavy atom. The quantitative estimate of drug-likeness (QED) is 0.637. The van der Waals surface area contributed by atoms with Gasteiger partial charge in [0.2, 0.25) is 5.13 Å². The number of halogens is 2. The molecule has 1 amide bonds. The van der Waals surface area contributed by atoms with Gasteiger partial charge in [0.15, 0.2) is 5.01 Å². The highest BCUT2D eigenvalue weighted by molar-refractivity contribution is 7.18. The fourth-order valence-corrected chi connectivity index (χ4v) is 4.39. The zero-order valence-corrected chi connectivity index (χ0v) is 16.6. The lowest BCUT2D eigenvalue weighted by Crippen LogP contribution is -2.35. The predicted octanol–water partition coefficient (Wildman–Crippen LogP) is 4.35. The van der Waals surface area contributed by atoms with Gasteiger partial charge in [-0.25, -0.2) is 4.39 Å². The molecule has 3 aromatic rings. The lowest BCUT2D eigenvalue weighted by Gasteiger charge is -2.21. The molecule has 1 saturated heterocycles. The summed E-state index contributed by atoms with van der Waals surface area (Å²) in [6, 6.07) is 13.3. The van der Waals surface area contributed by atoms with Crippen LogP contribution in [0.15, 0.2) is 48.5 Å². The van der Waals surface area contributed by atoms with E-state index in [1.165, 1.54) is 35.6 Å². The van der Waals surface area contributed by atoms with E-state index < -0.39 is 0 Å². The minimum absolute atomic E-state index is 0.0733. The summed E-state index contributed by atoms with van der Waals surface area (Å²) in [6.45, 7) is 2.70. The summed E-state index contributed by atoms with van der Waals surface area (Å²) in [5, 5.41) is 10.9. The Morgan fingerprint density at radius 1 is 1.00 bits per heavy atom. The van der Waals surface area contributed by atoms with Crippen molar-refractivity contribution in [2.75, 3.05) is 31.1 Å². The SMILES string of the molecule is O=C(c1ccc(F)cc1)N1CCCN(c2nnc(-c3ccccc3Cl)s2)CC1. The Balaban J connectivity index is 1.45. The summed E-state index contributed by atoms with van der Waals surface area (Å²) in [5.74, 6) is -0.417. The second-order valence-electron chi connectivity index (χ2n) is 6.51. The van der Waals surface area contributed by atoms with Crippen LogP contribution in [0.25, 0.3) is 10.6 Å². The average molecular weight is 417 g/mol. The number of aromatic nitrogens is 2. The fraction of sp³-hybridized carbons (Fsp3) is 0.250. The molecule has 0 aliphatic carbocycles. The Kier molecular flexibility index (Phi) is 5.54. The molecule has 0 spiro atoms. The summed E-state index contributed by atoms with van der Waals surface area (Å²) in [5.41, 5.74) is 1.38. The molecule has 0 bridgehead atoms. The molecule has 0 radical (unpaired) electrons. The van der Waals surface area contributed by atoms with Gasteiger partial charge >= 0.3 is 0 Å². The number of anilines is 1. The molecule has 144 valence electrons. The molecule has 0 unspecified atom stereocenters. The number of carbonyl (C=O) groups is 1. The van der Waals surface area contributed by atoms with Crippen LogP contribution in [-0.2, 0) is 0 Å². The van der Waals surface area contributed by atoms with Crippen LogP contribution in [-0.4, -0.2) is 47.2 Å². The van der Waals surface area contributed by atoms with E-state index in [0.717, 1.165) is 28.7 Å². The van der Waals surface area contributed by atoms with E-state index in [4.69, 9.17) is 11.6 Å². The molecule has 2 heterocycles. The van der Waals surface area contributed by atoms with E-state index in [1.54, 1.807) is 0 Å². The molecular weight excluding hydrogens is 399 g/mol. The van der Waals surface area contributed by atoms with Crippen molar-refractivity contribution in [3.05, 3.63) is 64.9 Å². The van der Waals surface area contributed by atoms with Crippen LogP contribution in [0.2, 0.25) is 5.02 Å². The van der Waals surface area contributed by atoms with Gasteiger partial charge in [0.1, 0.15) is 5.82 Å². The van der Waals surface area contributed by atoms with Crippen molar-refractivity contribution in [2.24, 2.45) is 0 Å². The Bertz CT molecular complexity index is 978. The van der Waals surface area contributed by atoms with Gasteiger partial charge in [0.25, 0.3) is 5.91 Å². The predicted molar refractivity (Wildman–Crippen MR) is 109 cm³/mol. The lowest BCUT2D eigenvalue weighted by atomic mass is 10.2. The topological polar surface area (TPSA) is 49.3 Å². The minimum atomic E-state index is -0.343. The van der Waals surface area contributed by atoms with E-state index in [2.05, 4.69) is 15.1 Å². The van der Waals surface area contributed by atoms with Gasteiger partial charge in [-0.1, -0.05) is 41.1 Å². The minimum Gasteiger partial charge on any atom is -0.345 e. The van der Waals surface area contributed by atoms with Crippen molar-refractivity contribution in [2.45, 2.75) is 6.42 Å². The third-order valence-corrected chi connectivity index (χ3v) is 6.01. The van der Waals surface area contributed by atoms with Gasteiger partial charge in [-0.15, -0.1) is 10.2 Å². The number of benzene rings is 2. The highest BCUT2D eigenvalue weighted by Crippen LogP contribution is 2.33. The second kappa shape index (κ2) is 8.24. The van der Waals surface area contributed by atoms with Crippen LogP contribution in [0, 0.1) is 5.82 Å². The van der Waals surface area contributed by atoms with Crippen LogP contribution >= 0.6 is 22.9 Å². The Hall–Kier alpha value is -2.51. The summed E-state index contributed by atoms with van der Waals surface area (Å²) >= 11 is 7.76. The van der Waals surface area contributed by atoms with Gasteiger partial charge in [0.05, 0.1) is 5.02 Å². The number of hydrogen-bond donors (Lipinski definition) is 0. The summed E-state index contributed by atoms with van der Waals surface area (Å²) in [6.07, 6.45) is 0.827. The Morgan fingerprint density at radius 3 is 2.57 bits per heavy atom. The van der Waals surface area contributed by atoms with Crippen molar-refractivity contribution in [3.63, 3.8) is 0 Å². The molecule has 1 aliphatic heterocycles. The highest BCUT2D eigenvalue weighted by Gasteiger charge is 2.22. The van der Waals surface area contributed by atoms with Crippen LogP contribution < -0.4 is 4.90 Å². The largest absolute Gasteiger partial charge is 0.345 e. The number of hydrogen-bond acceptors (Lipinski definition) is 5. The summed E-state index contributed by atoms with van der Waals surface area (Å²) in [4.78, 5) is 16.6. The third kappa shape index (κ3) is 4.00. The highest BCUT2D eigenvalue weighted by atomic mass is 35.5. The molecule has 0 atom stereocenters. The molecule has 28 heavy (non-hydrogen) atoms. The number of nitrogens with zero attached hydrogens (tertiary/aromatic N) is 4. The monoisotopic (exact) mass is 416 g/mol. The molecule has 1 aromatic heterocycles. The van der Waals surface area contributed by atoms with Gasteiger partial charge in [-0.05, 0) is 36.8 Å². The normalized spacial score (nSPS) is 14.8. The van der Waals surface area contributed by atoms with Crippen molar-refractivity contribution in [1.29, 1.82) is 0 Å². The Labute approximate surface area is 171 Å². The van der Waals surface area contributed by atoms with Crippen LogP contribution in [0.1, 0.15) is 16.8 Å². The van der Waals surface area contributed by atoms with Crippen LogP contribution in [0.5, 0.6) is 0 Å². The molecule has 5 nitrogen and oxygen atoms in total. The maximum absolute atomic E-state index is 13.1. The first-order valence-corrected chi connectivity index (χ1v) is 10.2. The van der Waals surface area contributed by atoms with E-state index >= 15 is 0 Å². The van der Waals surface area contributed by atoms with E-state index in [1.807, 2.05) is 29.2 Å². The molecule has 0 N–H and O–H groups in total. The van der Waals surface area contributed by atoms with Crippen molar-refractivity contribution in [3.8, 4) is 10.6 Å². The van der Waals surface area contributed by atoms with E-state index in [-0.39, 0.29) is 11.7 Å². The molecular formula is C20H18ClFN4OS. The maximum atomic E-state index is 13.1. The molecule has 0 saturated carbocycles. The number of rotatable bonds is 3. The summed E-state index contributed by atoms with van der Waals surface area (Å²) in [7, 11) is 0. The second-order valence-corrected chi connectivity index (χ2v) is 7.87. The van der Waals surface area contributed by atoms with Gasteiger partial charge in [-0.3, -0.25) is 4.79 Å². The van der Waals surface area contributed by atoms with E-state index in [9.17, 15) is 9.18 Å². The van der Waals surface area contributed by atoms with Gasteiger partial charge in [-0.2, -0.15) is 0 Å². The van der Waals surface area contributed by atoms with Gasteiger partial charge in [0, 0.05) is 37.3 Å². The molecule has 1 fully saturated rings. The van der Waals surface area contributed by atoms with Crippen molar-refractivity contribution in [1.82, 2.24) is 15.1 Å². The smallest absolute Gasteiger partial charge is 0.253 e. The standard InChI is InChI=1S/C20H18ClFN4OS/c21-17-5-2-1-4-16(17)18-23-24-20(28-18)26-11-3-10-25(12-13-26)19(27)14-6-8-15(22)9-7-14/h1-2,4-9H,3,10-13H2. The van der Waals surface area contributed by atoms with Crippen molar-refractivity contribution < 1.29 is 9.18 Å². The third-order valence-electron chi connectivity index (χ3n) is 4.66. The molecule has 2 aromatic carbocycles. The zero-order chi connectivity index (χ0) is 19.5. The summed E-state index contributed by atoms with van der Waals surface area (Å²) < 4.78 is 13.1. The first-order chi connectivity index (χ1) is 13.6. The lowest BCUT2D eigenvalue weighted by molar-refractivity contribution is 0.0767. The maximum Gasteiger partial charge on any atom is 0.253 e. The number of amides is 1. The molecule has 1 aliphatic rings. The molecule has 4 rings (SSSR count). The first-order valence-electron chi connectivity index (χ1n) is 9.00. The van der Waals surface area contributed by atoms with Crippen LogP contribution in [0.4, 0.5) is 9.52 Å². The zero-order valence-electron chi connectivity index (χ0n) is 15.0. The van der Waals surface area contributed by atoms with Crippen molar-refractivity contribution >= 4 is 34.0 Å².